The van der Waals surface area contributed by atoms with Gasteiger partial charge >= 0.3 is 0 Å². The van der Waals surface area contributed by atoms with Crippen LogP contribution in [0.5, 0.6) is 0 Å². The van der Waals surface area contributed by atoms with Gasteiger partial charge in [0.05, 0.1) is 11.0 Å². The highest BCUT2D eigenvalue weighted by atomic mass is 16.3. The number of furan rings is 2. The second-order valence-electron chi connectivity index (χ2n) is 15.2. The van der Waals surface area contributed by atoms with E-state index in [-0.39, 0.29) is 0 Å². The van der Waals surface area contributed by atoms with Crippen molar-refractivity contribution < 1.29 is 8.83 Å². The van der Waals surface area contributed by atoms with Crippen LogP contribution in [0.25, 0.3) is 127 Å². The highest BCUT2D eigenvalue weighted by molar-refractivity contribution is 6.22. The average molecular weight is 755 g/mol. The summed E-state index contributed by atoms with van der Waals surface area (Å²) in [5.41, 5.74) is 9.20. The Morgan fingerprint density at radius 3 is 1.81 bits per heavy atom. The van der Waals surface area contributed by atoms with Crippen LogP contribution in [0.2, 0.25) is 0 Å². The lowest BCUT2D eigenvalue weighted by Crippen LogP contribution is -2.07. The van der Waals surface area contributed by atoms with Gasteiger partial charge in [-0.3, -0.25) is 4.57 Å². The molecule has 0 radical (unpaired) electrons. The lowest BCUT2D eigenvalue weighted by Gasteiger charge is -2.14. The predicted molar refractivity (Wildman–Crippen MR) is 240 cm³/mol. The van der Waals surface area contributed by atoms with Gasteiger partial charge in [-0.25, -0.2) is 4.98 Å². The Morgan fingerprint density at radius 1 is 0.339 bits per heavy atom. The van der Waals surface area contributed by atoms with Gasteiger partial charge in [0.15, 0.2) is 11.6 Å². The maximum atomic E-state index is 6.60. The molecule has 0 unspecified atom stereocenters. The number of aromatic nitrogens is 4. The molecule has 0 bridgehead atoms. The van der Waals surface area contributed by atoms with E-state index in [9.17, 15) is 0 Å². The number of fused-ring (bicyclic) bond motifs is 13. The van der Waals surface area contributed by atoms with Gasteiger partial charge in [0, 0.05) is 54.4 Å². The summed E-state index contributed by atoms with van der Waals surface area (Å²) in [6.45, 7) is 0. The van der Waals surface area contributed by atoms with Crippen LogP contribution in [0.1, 0.15) is 0 Å². The Bertz CT molecular complexity index is 3860. The third-order valence-corrected chi connectivity index (χ3v) is 11.8. The van der Waals surface area contributed by atoms with E-state index < -0.39 is 0 Å². The second-order valence-corrected chi connectivity index (χ2v) is 15.2. The number of hydrogen-bond acceptors (Lipinski definition) is 5. The van der Waals surface area contributed by atoms with Crippen LogP contribution < -0.4 is 0 Å². The molecule has 0 aliphatic carbocycles. The van der Waals surface area contributed by atoms with Crippen LogP contribution >= 0.6 is 0 Å². The molecule has 9 aromatic carbocycles. The van der Waals surface area contributed by atoms with Crippen LogP contribution in [0.3, 0.4) is 0 Å². The van der Waals surface area contributed by atoms with Gasteiger partial charge in [-0.15, -0.1) is 0 Å². The van der Waals surface area contributed by atoms with Crippen molar-refractivity contribution in [2.45, 2.75) is 0 Å². The zero-order valence-electron chi connectivity index (χ0n) is 31.4. The summed E-state index contributed by atoms with van der Waals surface area (Å²) in [6, 6.07) is 63.3. The maximum absolute atomic E-state index is 6.60. The Kier molecular flexibility index (Phi) is 6.63. The molecule has 4 heterocycles. The molecule has 0 spiro atoms. The van der Waals surface area contributed by atoms with Crippen molar-refractivity contribution in [3.63, 3.8) is 0 Å². The summed E-state index contributed by atoms with van der Waals surface area (Å²) >= 11 is 0. The highest BCUT2D eigenvalue weighted by Crippen LogP contribution is 2.43. The summed E-state index contributed by atoms with van der Waals surface area (Å²) in [4.78, 5) is 15.8. The number of nitrogens with zero attached hydrogens (tertiary/aromatic N) is 4. The predicted octanol–water partition coefficient (Wildman–Crippen LogP) is 14.1. The Labute approximate surface area is 336 Å². The lowest BCUT2D eigenvalue weighted by atomic mass is 9.99. The molecule has 13 rings (SSSR count). The van der Waals surface area contributed by atoms with Gasteiger partial charge in [-0.05, 0) is 58.1 Å². The zero-order valence-corrected chi connectivity index (χ0v) is 31.4. The fraction of sp³-hybridized carbons (Fsp3) is 0. The largest absolute Gasteiger partial charge is 0.456 e. The second kappa shape index (κ2) is 12.2. The summed E-state index contributed by atoms with van der Waals surface area (Å²) in [7, 11) is 0. The third kappa shape index (κ3) is 4.77. The summed E-state index contributed by atoms with van der Waals surface area (Å²) < 4.78 is 15.2. The first-order valence-corrected chi connectivity index (χ1v) is 19.8. The number of para-hydroxylation sites is 2. The van der Waals surface area contributed by atoms with Crippen molar-refractivity contribution in [3.8, 4) is 39.9 Å². The van der Waals surface area contributed by atoms with Crippen molar-refractivity contribution >= 4 is 87.2 Å². The minimum atomic E-state index is 0.527. The topological polar surface area (TPSA) is 69.9 Å². The van der Waals surface area contributed by atoms with Gasteiger partial charge in [0.25, 0.3) is 0 Å². The monoisotopic (exact) mass is 754 g/mol. The fourth-order valence-corrected chi connectivity index (χ4v) is 9.15. The van der Waals surface area contributed by atoms with Gasteiger partial charge < -0.3 is 8.83 Å². The molecule has 0 saturated heterocycles. The van der Waals surface area contributed by atoms with Crippen molar-refractivity contribution in [1.82, 2.24) is 19.5 Å². The minimum Gasteiger partial charge on any atom is -0.456 e. The molecule has 6 nitrogen and oxygen atoms in total. The molecule has 0 aliphatic heterocycles. The summed E-state index contributed by atoms with van der Waals surface area (Å²) in [6.07, 6.45) is 0. The van der Waals surface area contributed by atoms with Gasteiger partial charge in [0.2, 0.25) is 5.95 Å². The van der Waals surface area contributed by atoms with Crippen LogP contribution in [0.15, 0.2) is 191 Å². The van der Waals surface area contributed by atoms with Crippen molar-refractivity contribution in [1.29, 1.82) is 0 Å². The smallest absolute Gasteiger partial charge is 0.238 e. The molecule has 6 heteroatoms. The summed E-state index contributed by atoms with van der Waals surface area (Å²) in [5, 5.41) is 11.2. The van der Waals surface area contributed by atoms with E-state index in [0.717, 1.165) is 98.7 Å². The first-order valence-electron chi connectivity index (χ1n) is 19.8. The number of hydrogen-bond donors (Lipinski definition) is 0. The molecule has 0 atom stereocenters. The SMILES string of the molecule is c1ccc(-c2nc(-c3ccc4c(c3)oc3ccccc34)nc(-n3c4c(-c5ccc6c(c5)oc5ccc7ccccc7c56)cccc4c4ccc5ccccc5c43)n2)cc1. The van der Waals surface area contributed by atoms with Crippen molar-refractivity contribution in [3.05, 3.63) is 182 Å². The van der Waals surface area contributed by atoms with Crippen LogP contribution in [-0.4, -0.2) is 19.5 Å². The van der Waals surface area contributed by atoms with Gasteiger partial charge in [0.1, 0.15) is 22.3 Å². The summed E-state index contributed by atoms with van der Waals surface area (Å²) in [5.74, 6) is 1.66. The van der Waals surface area contributed by atoms with E-state index in [1.54, 1.807) is 0 Å². The van der Waals surface area contributed by atoms with Crippen LogP contribution in [0, 0.1) is 0 Å². The average Bonchev–Trinajstić information content (AvgIpc) is 3.98. The number of benzene rings is 9. The molecular formula is C53H30N4O2. The molecule has 0 aliphatic rings. The molecule has 0 N–H and O–H groups in total. The minimum absolute atomic E-state index is 0.527. The molecule has 0 amide bonds. The molecule has 0 saturated carbocycles. The van der Waals surface area contributed by atoms with E-state index in [4.69, 9.17) is 23.8 Å². The highest BCUT2D eigenvalue weighted by Gasteiger charge is 2.23. The van der Waals surface area contributed by atoms with Gasteiger partial charge in [-0.2, -0.15) is 9.97 Å². The Hall–Kier alpha value is -8.09. The zero-order chi connectivity index (χ0) is 38.6. The first kappa shape index (κ1) is 32.0. The molecule has 4 aromatic heterocycles. The Balaban J connectivity index is 1.11. The van der Waals surface area contributed by atoms with E-state index in [2.05, 4.69) is 132 Å². The van der Waals surface area contributed by atoms with E-state index in [1.807, 2.05) is 54.6 Å². The van der Waals surface area contributed by atoms with Crippen molar-refractivity contribution in [2.75, 3.05) is 0 Å². The fourth-order valence-electron chi connectivity index (χ4n) is 9.15. The van der Waals surface area contributed by atoms with Gasteiger partial charge in [-0.1, -0.05) is 146 Å². The van der Waals surface area contributed by atoms with E-state index >= 15 is 0 Å². The standard InChI is InChI=1S/C53H30N4O2/c1-2-13-33(14-3-1)51-54-52(35-23-25-40-39-17-8-9-20-44(39)58-46(40)30-35)56-53(55-51)57-49-37-16-7-5-12-32(37)21-26-42(49)41-19-10-18-38(50(41)57)34-22-27-43-47(29-34)59-45-28-24-31-11-4-6-15-36(31)48(43)45/h1-30H. The third-order valence-electron chi connectivity index (χ3n) is 11.8. The van der Waals surface area contributed by atoms with E-state index in [1.165, 1.54) is 10.8 Å². The molecule has 13 aromatic rings. The Morgan fingerprint density at radius 2 is 0.932 bits per heavy atom. The molecule has 0 fully saturated rings. The molecule has 274 valence electrons. The number of rotatable bonds is 4. The molecule has 59 heavy (non-hydrogen) atoms. The van der Waals surface area contributed by atoms with E-state index in [0.29, 0.717) is 17.6 Å². The normalized spacial score (nSPS) is 12.1. The van der Waals surface area contributed by atoms with Crippen LogP contribution in [0.4, 0.5) is 0 Å². The lowest BCUT2D eigenvalue weighted by molar-refractivity contribution is 0.668. The maximum Gasteiger partial charge on any atom is 0.238 e. The first-order chi connectivity index (χ1) is 29.2. The molecular weight excluding hydrogens is 725 g/mol. The van der Waals surface area contributed by atoms with Crippen LogP contribution in [-0.2, 0) is 0 Å². The van der Waals surface area contributed by atoms with Crippen molar-refractivity contribution in [2.24, 2.45) is 0 Å². The quantitative estimate of drug-likeness (QED) is 0.179.